The van der Waals surface area contributed by atoms with Gasteiger partial charge in [-0.3, -0.25) is 14.4 Å². The van der Waals surface area contributed by atoms with Gasteiger partial charge in [0.05, 0.1) is 6.26 Å². The summed E-state index contributed by atoms with van der Waals surface area (Å²) in [6.07, 6.45) is 1.39. The fourth-order valence-corrected chi connectivity index (χ4v) is 1.56. The summed E-state index contributed by atoms with van der Waals surface area (Å²) >= 11 is 0. The van der Waals surface area contributed by atoms with Crippen molar-refractivity contribution in [1.29, 1.82) is 0 Å². The van der Waals surface area contributed by atoms with Crippen molar-refractivity contribution < 1.29 is 23.9 Å². The summed E-state index contributed by atoms with van der Waals surface area (Å²) < 4.78 is 4.95. The molecule has 0 bridgehead atoms. The quantitative estimate of drug-likeness (QED) is 0.769. The van der Waals surface area contributed by atoms with E-state index in [1.165, 1.54) is 36.6 Å². The van der Waals surface area contributed by atoms with Gasteiger partial charge in [-0.2, -0.15) is 0 Å². The third-order valence-corrected chi connectivity index (χ3v) is 2.55. The lowest BCUT2D eigenvalue weighted by molar-refractivity contribution is -0.135. The molecule has 1 aromatic carbocycles. The van der Waals surface area contributed by atoms with Gasteiger partial charge < -0.3 is 20.2 Å². The summed E-state index contributed by atoms with van der Waals surface area (Å²) in [6, 6.07) is 9.17. The largest absolute Gasteiger partial charge is 0.480 e. The summed E-state index contributed by atoms with van der Waals surface area (Å²) in [5, 5.41) is 13.3. The number of carboxylic acids is 1. The van der Waals surface area contributed by atoms with E-state index in [4.69, 9.17) is 9.52 Å². The van der Waals surface area contributed by atoms with Gasteiger partial charge in [0.2, 0.25) is 0 Å². The van der Waals surface area contributed by atoms with Crippen LogP contribution in [0.15, 0.2) is 47.1 Å². The molecule has 0 saturated carbocycles. The van der Waals surface area contributed by atoms with Gasteiger partial charge in [-0.1, -0.05) is 0 Å². The highest BCUT2D eigenvalue weighted by Gasteiger charge is 2.10. The number of hydrogen-bond acceptors (Lipinski definition) is 4. The first-order chi connectivity index (χ1) is 10.1. The number of nitrogens with one attached hydrogen (secondary N) is 2. The van der Waals surface area contributed by atoms with E-state index in [-0.39, 0.29) is 5.76 Å². The monoisotopic (exact) mass is 288 g/mol. The fraction of sp³-hybridized carbons (Fsp3) is 0.0714. The zero-order valence-corrected chi connectivity index (χ0v) is 10.8. The van der Waals surface area contributed by atoms with E-state index in [0.717, 1.165) is 0 Å². The number of amides is 2. The molecule has 108 valence electrons. The SMILES string of the molecule is O=C(O)CNC(=O)c1ccc(NC(=O)c2ccco2)cc1. The smallest absolute Gasteiger partial charge is 0.322 e. The molecule has 3 N–H and O–H groups in total. The van der Waals surface area contributed by atoms with Crippen LogP contribution in [0.1, 0.15) is 20.9 Å². The first kappa shape index (κ1) is 14.3. The Hall–Kier alpha value is -3.09. The second-order valence-corrected chi connectivity index (χ2v) is 4.09. The molecule has 2 amide bonds. The van der Waals surface area contributed by atoms with Crippen LogP contribution in [0.2, 0.25) is 0 Å². The van der Waals surface area contributed by atoms with E-state index >= 15 is 0 Å². The minimum atomic E-state index is -1.12. The number of aliphatic carboxylic acids is 1. The second kappa shape index (κ2) is 6.38. The maximum absolute atomic E-state index is 11.7. The van der Waals surface area contributed by atoms with E-state index < -0.39 is 24.3 Å². The molecule has 0 atom stereocenters. The van der Waals surface area contributed by atoms with Crippen LogP contribution in [0.4, 0.5) is 5.69 Å². The lowest BCUT2D eigenvalue weighted by Crippen LogP contribution is -2.29. The number of rotatable bonds is 5. The summed E-state index contributed by atoms with van der Waals surface area (Å²) in [6.45, 7) is -0.449. The van der Waals surface area contributed by atoms with Crippen molar-refractivity contribution in [3.05, 3.63) is 54.0 Å². The van der Waals surface area contributed by atoms with Crippen molar-refractivity contribution in [2.75, 3.05) is 11.9 Å². The molecular weight excluding hydrogens is 276 g/mol. The lowest BCUT2D eigenvalue weighted by atomic mass is 10.2. The summed E-state index contributed by atoms with van der Waals surface area (Å²) in [5.74, 6) is -1.84. The van der Waals surface area contributed by atoms with Gasteiger partial charge in [-0.15, -0.1) is 0 Å². The number of hydrogen-bond donors (Lipinski definition) is 3. The minimum absolute atomic E-state index is 0.179. The standard InChI is InChI=1S/C14H12N2O5/c17-12(18)8-15-13(19)9-3-5-10(6-4-9)16-14(20)11-2-1-7-21-11/h1-7H,8H2,(H,15,19)(H,16,20)(H,17,18). The molecule has 7 heteroatoms. The lowest BCUT2D eigenvalue weighted by Gasteiger charge is -2.05. The molecule has 21 heavy (non-hydrogen) atoms. The maximum Gasteiger partial charge on any atom is 0.322 e. The maximum atomic E-state index is 11.7. The van der Waals surface area contributed by atoms with Crippen molar-refractivity contribution >= 4 is 23.5 Å². The Labute approximate surface area is 119 Å². The number of carboxylic acid groups (broad SMARTS) is 1. The van der Waals surface area contributed by atoms with Crippen LogP contribution in [-0.2, 0) is 4.79 Å². The molecule has 0 saturated heterocycles. The highest BCUT2D eigenvalue weighted by molar-refractivity contribution is 6.02. The molecule has 0 aliphatic carbocycles. The molecule has 2 rings (SSSR count). The third-order valence-electron chi connectivity index (χ3n) is 2.55. The Bertz CT molecular complexity index is 647. The van der Waals surface area contributed by atoms with Crippen LogP contribution in [0.25, 0.3) is 0 Å². The van der Waals surface area contributed by atoms with Crippen LogP contribution in [0, 0.1) is 0 Å². The van der Waals surface area contributed by atoms with Crippen molar-refractivity contribution in [2.45, 2.75) is 0 Å². The van der Waals surface area contributed by atoms with Gasteiger partial charge in [0.15, 0.2) is 5.76 Å². The van der Waals surface area contributed by atoms with E-state index in [1.807, 2.05) is 0 Å². The predicted octanol–water partition coefficient (Wildman–Crippen LogP) is 1.35. The van der Waals surface area contributed by atoms with Gasteiger partial charge >= 0.3 is 5.97 Å². The van der Waals surface area contributed by atoms with Crippen molar-refractivity contribution in [3.8, 4) is 0 Å². The third kappa shape index (κ3) is 3.93. The number of carbonyl (C=O) groups excluding carboxylic acids is 2. The average Bonchev–Trinajstić information content (AvgIpc) is 3.00. The molecule has 0 fully saturated rings. The van der Waals surface area contributed by atoms with E-state index in [2.05, 4.69) is 10.6 Å². The molecule has 1 aromatic heterocycles. The second-order valence-electron chi connectivity index (χ2n) is 4.09. The van der Waals surface area contributed by atoms with E-state index in [0.29, 0.717) is 11.3 Å². The Kier molecular flexibility index (Phi) is 4.35. The highest BCUT2D eigenvalue weighted by Crippen LogP contribution is 2.11. The predicted molar refractivity (Wildman–Crippen MR) is 73.1 cm³/mol. The van der Waals surface area contributed by atoms with Crippen LogP contribution >= 0.6 is 0 Å². The van der Waals surface area contributed by atoms with E-state index in [9.17, 15) is 14.4 Å². The van der Waals surface area contributed by atoms with Crippen molar-refractivity contribution in [1.82, 2.24) is 5.32 Å². The van der Waals surface area contributed by atoms with Crippen LogP contribution in [0.3, 0.4) is 0 Å². The zero-order chi connectivity index (χ0) is 15.2. The van der Waals surface area contributed by atoms with Crippen LogP contribution in [-0.4, -0.2) is 29.4 Å². The van der Waals surface area contributed by atoms with Gasteiger partial charge in [0.25, 0.3) is 11.8 Å². The Balaban J connectivity index is 1.97. The molecule has 1 heterocycles. The number of anilines is 1. The molecule has 0 spiro atoms. The van der Waals surface area contributed by atoms with Gasteiger partial charge in [-0.25, -0.2) is 0 Å². The Morgan fingerprint density at radius 2 is 1.76 bits per heavy atom. The molecule has 7 nitrogen and oxygen atoms in total. The van der Waals surface area contributed by atoms with Crippen molar-refractivity contribution in [2.24, 2.45) is 0 Å². The van der Waals surface area contributed by atoms with Gasteiger partial charge in [0.1, 0.15) is 6.54 Å². The topological polar surface area (TPSA) is 109 Å². The fourth-order valence-electron chi connectivity index (χ4n) is 1.56. The average molecular weight is 288 g/mol. The summed E-state index contributed by atoms with van der Waals surface area (Å²) in [7, 11) is 0. The number of furan rings is 1. The first-order valence-electron chi connectivity index (χ1n) is 6.01. The van der Waals surface area contributed by atoms with Crippen LogP contribution in [0.5, 0.6) is 0 Å². The van der Waals surface area contributed by atoms with Gasteiger partial charge in [0, 0.05) is 11.3 Å². The molecule has 0 radical (unpaired) electrons. The zero-order valence-electron chi connectivity index (χ0n) is 10.8. The summed E-state index contributed by atoms with van der Waals surface area (Å²) in [4.78, 5) is 33.7. The Morgan fingerprint density at radius 3 is 2.33 bits per heavy atom. The molecule has 2 aromatic rings. The molecule has 0 aliphatic heterocycles. The molecular formula is C14H12N2O5. The van der Waals surface area contributed by atoms with Crippen LogP contribution < -0.4 is 10.6 Å². The van der Waals surface area contributed by atoms with Gasteiger partial charge in [-0.05, 0) is 36.4 Å². The number of carbonyl (C=O) groups is 3. The first-order valence-corrected chi connectivity index (χ1v) is 6.01. The van der Waals surface area contributed by atoms with E-state index in [1.54, 1.807) is 6.07 Å². The molecule has 0 aliphatic rings. The number of benzene rings is 1. The highest BCUT2D eigenvalue weighted by atomic mass is 16.4. The molecule has 0 unspecified atom stereocenters. The van der Waals surface area contributed by atoms with Crippen molar-refractivity contribution in [3.63, 3.8) is 0 Å². The Morgan fingerprint density at radius 1 is 1.05 bits per heavy atom. The normalized spacial score (nSPS) is 9.90. The summed E-state index contributed by atoms with van der Waals surface area (Å²) in [5.41, 5.74) is 0.790. The minimum Gasteiger partial charge on any atom is -0.480 e.